The largest absolute Gasteiger partial charge is 0.378 e. The first kappa shape index (κ1) is 27.6. The van der Waals surface area contributed by atoms with E-state index >= 15 is 0 Å². The number of thiazole rings is 1. The predicted molar refractivity (Wildman–Crippen MR) is 156 cm³/mol. The molecule has 1 saturated heterocycles. The molecule has 0 amide bonds. The number of anilines is 2. The second-order valence-corrected chi connectivity index (χ2v) is 17.5. The molecule has 0 spiro atoms. The van der Waals surface area contributed by atoms with E-state index in [1.165, 1.54) is 17.4 Å². The van der Waals surface area contributed by atoms with Crippen molar-refractivity contribution in [2.24, 2.45) is 0 Å². The Morgan fingerprint density at radius 1 is 1.12 bits per heavy atom. The number of rotatable bonds is 10. The van der Waals surface area contributed by atoms with E-state index in [9.17, 15) is 8.78 Å². The summed E-state index contributed by atoms with van der Waals surface area (Å²) in [6.07, 6.45) is 3.46. The van der Waals surface area contributed by atoms with E-state index in [1.54, 1.807) is 21.5 Å². The number of nitrogens with one attached hydrogen (secondary N) is 1. The summed E-state index contributed by atoms with van der Waals surface area (Å²) in [4.78, 5) is 20.6. The normalized spacial score (nSPS) is 14.4. The van der Waals surface area contributed by atoms with Crippen molar-refractivity contribution in [1.29, 1.82) is 0 Å². The van der Waals surface area contributed by atoms with Gasteiger partial charge in [0.1, 0.15) is 23.1 Å². The van der Waals surface area contributed by atoms with Gasteiger partial charge in [0.25, 0.3) is 0 Å². The fraction of sp³-hybridized carbons (Fsp3) is 0.423. The molecule has 41 heavy (non-hydrogen) atoms. The van der Waals surface area contributed by atoms with Crippen LogP contribution in [0, 0.1) is 11.6 Å². The number of benzene rings is 1. The van der Waals surface area contributed by atoms with E-state index in [4.69, 9.17) is 19.4 Å². The van der Waals surface area contributed by atoms with Gasteiger partial charge in [0.2, 0.25) is 11.9 Å². The number of hydrogen-bond donors (Lipinski definition) is 1. The van der Waals surface area contributed by atoms with Gasteiger partial charge >= 0.3 is 0 Å². The van der Waals surface area contributed by atoms with Gasteiger partial charge in [-0.1, -0.05) is 19.6 Å². The van der Waals surface area contributed by atoms with E-state index in [0.717, 1.165) is 22.7 Å². The van der Waals surface area contributed by atoms with Gasteiger partial charge in [-0.05, 0) is 18.2 Å². The Morgan fingerprint density at radius 3 is 2.71 bits per heavy atom. The molecule has 0 aliphatic carbocycles. The molecule has 0 atom stereocenters. The summed E-state index contributed by atoms with van der Waals surface area (Å²) < 4.78 is 43.7. The van der Waals surface area contributed by atoms with Crippen LogP contribution in [-0.2, 0) is 22.7 Å². The highest BCUT2D eigenvalue weighted by atomic mass is 32.1. The Morgan fingerprint density at radius 2 is 1.95 bits per heavy atom. The number of ether oxygens (including phenoxy) is 2. The molecule has 0 unspecified atom stereocenters. The Balaban J connectivity index is 1.34. The lowest BCUT2D eigenvalue weighted by molar-refractivity contribution is 0.0880. The summed E-state index contributed by atoms with van der Waals surface area (Å²) in [7, 11) is -1.30. The van der Waals surface area contributed by atoms with Gasteiger partial charge in [0, 0.05) is 39.3 Å². The predicted octanol–water partition coefficient (Wildman–Crippen LogP) is 4.64. The average Bonchev–Trinajstić information content (AvgIpc) is 3.71. The number of imidazole rings is 1. The lowest BCUT2D eigenvalue weighted by atomic mass is 10.3. The van der Waals surface area contributed by atoms with E-state index in [0.29, 0.717) is 61.8 Å². The zero-order chi connectivity index (χ0) is 28.6. The molecule has 1 aromatic carbocycles. The maximum atomic E-state index is 14.7. The minimum absolute atomic E-state index is 0.0393. The Hall–Kier alpha value is -3.53. The highest BCUT2D eigenvalue weighted by Gasteiger charge is 2.22. The molecule has 5 heterocycles. The van der Waals surface area contributed by atoms with Crippen LogP contribution in [0.25, 0.3) is 27.3 Å². The van der Waals surface area contributed by atoms with E-state index in [2.05, 4.69) is 44.9 Å². The molecule has 4 aromatic heterocycles. The fourth-order valence-electron chi connectivity index (χ4n) is 4.55. The first-order valence-corrected chi connectivity index (χ1v) is 18.0. The molecule has 11 nitrogen and oxygen atoms in total. The molecule has 0 saturated carbocycles. The van der Waals surface area contributed by atoms with Gasteiger partial charge in [-0.3, -0.25) is 0 Å². The van der Waals surface area contributed by atoms with Gasteiger partial charge in [-0.2, -0.15) is 19.6 Å². The molecule has 1 N–H and O–H groups in total. The topological polar surface area (TPSA) is 108 Å². The lowest BCUT2D eigenvalue weighted by Crippen LogP contribution is -2.37. The van der Waals surface area contributed by atoms with Crippen LogP contribution in [0.15, 0.2) is 29.9 Å². The average molecular weight is 600 g/mol. The maximum Gasteiger partial charge on any atom is 0.230 e. The number of nitrogens with zero attached hydrogens (tertiary/aromatic N) is 8. The van der Waals surface area contributed by atoms with Crippen LogP contribution in [0.4, 0.5) is 20.7 Å². The summed E-state index contributed by atoms with van der Waals surface area (Å²) in [5.74, 6) is -0.476. The summed E-state index contributed by atoms with van der Waals surface area (Å²) in [6.45, 7) is 10.2. The molecule has 1 fully saturated rings. The van der Waals surface area contributed by atoms with Crippen molar-refractivity contribution < 1.29 is 18.3 Å². The highest BCUT2D eigenvalue weighted by molar-refractivity contribution is 7.13. The first-order valence-electron chi connectivity index (χ1n) is 13.4. The van der Waals surface area contributed by atoms with Crippen LogP contribution in [-0.4, -0.2) is 75.1 Å². The van der Waals surface area contributed by atoms with Crippen LogP contribution in [0.3, 0.4) is 0 Å². The van der Waals surface area contributed by atoms with Crippen LogP contribution >= 0.6 is 11.3 Å². The van der Waals surface area contributed by atoms with Crippen molar-refractivity contribution in [2.75, 3.05) is 43.1 Å². The van der Waals surface area contributed by atoms with E-state index in [-0.39, 0.29) is 18.8 Å². The van der Waals surface area contributed by atoms with Gasteiger partial charge < -0.3 is 24.3 Å². The molecule has 6 rings (SSSR count). The molecular formula is C26H31F2N9O2SSi. The van der Waals surface area contributed by atoms with Crippen molar-refractivity contribution in [2.45, 2.75) is 39.0 Å². The summed E-state index contributed by atoms with van der Waals surface area (Å²) in [5, 5.41) is 10.6. The van der Waals surface area contributed by atoms with Crippen molar-refractivity contribution in [3.05, 3.63) is 47.4 Å². The SMILES string of the molecule is C[Si](C)(C)CCOCn1c(CNc2nc(N3CCOCC3)nc3c(-c4nccs4)cnn23)nc2c(F)c(F)ccc21. The van der Waals surface area contributed by atoms with Crippen LogP contribution in [0.1, 0.15) is 5.82 Å². The number of aromatic nitrogens is 7. The summed E-state index contributed by atoms with van der Waals surface area (Å²) in [5.41, 5.74) is 1.82. The minimum atomic E-state index is -1.30. The van der Waals surface area contributed by atoms with E-state index < -0.39 is 19.7 Å². The zero-order valence-corrected chi connectivity index (χ0v) is 24.9. The molecule has 0 radical (unpaired) electrons. The maximum absolute atomic E-state index is 14.7. The monoisotopic (exact) mass is 599 g/mol. The highest BCUT2D eigenvalue weighted by Crippen LogP contribution is 2.29. The summed E-state index contributed by atoms with van der Waals surface area (Å²) >= 11 is 1.50. The van der Waals surface area contributed by atoms with Crippen molar-refractivity contribution in [3.8, 4) is 10.6 Å². The van der Waals surface area contributed by atoms with Crippen molar-refractivity contribution in [3.63, 3.8) is 0 Å². The van der Waals surface area contributed by atoms with Crippen LogP contribution in [0.5, 0.6) is 0 Å². The number of fused-ring (bicyclic) bond motifs is 2. The van der Waals surface area contributed by atoms with E-state index in [1.807, 2.05) is 5.38 Å². The number of morpholine rings is 1. The van der Waals surface area contributed by atoms with Crippen LogP contribution < -0.4 is 10.2 Å². The third-order valence-electron chi connectivity index (χ3n) is 6.83. The van der Waals surface area contributed by atoms with Gasteiger partial charge in [-0.25, -0.2) is 18.7 Å². The third-order valence-corrected chi connectivity index (χ3v) is 9.34. The second kappa shape index (κ2) is 11.4. The number of hydrogen-bond acceptors (Lipinski definition) is 10. The van der Waals surface area contributed by atoms with Gasteiger partial charge in [0.05, 0.1) is 37.0 Å². The first-order chi connectivity index (χ1) is 19.8. The Labute approximate surface area is 240 Å². The molecule has 216 valence electrons. The fourth-order valence-corrected chi connectivity index (χ4v) is 5.95. The molecule has 1 aliphatic heterocycles. The quantitative estimate of drug-likeness (QED) is 0.182. The van der Waals surface area contributed by atoms with Gasteiger partial charge in [-0.15, -0.1) is 11.3 Å². The second-order valence-electron chi connectivity index (χ2n) is 11.0. The molecule has 0 bridgehead atoms. The summed E-state index contributed by atoms with van der Waals surface area (Å²) in [6, 6.07) is 3.63. The molecule has 5 aromatic rings. The molecule has 15 heteroatoms. The smallest absolute Gasteiger partial charge is 0.230 e. The lowest BCUT2D eigenvalue weighted by Gasteiger charge is -2.27. The van der Waals surface area contributed by atoms with Crippen molar-refractivity contribution >= 4 is 48.0 Å². The standard InChI is InChI=1S/C26H31F2N9O2SSi/c1-41(2,3)13-11-39-16-36-19-5-4-18(27)21(28)22(19)32-20(36)15-30-25-34-26(35-7-9-38-10-8-35)33-23-17(14-31-37(23)25)24-29-6-12-40-24/h4-6,12,14H,7-11,13,15-16H2,1-3H3,(H,30,33,34). The minimum Gasteiger partial charge on any atom is -0.378 e. The van der Waals surface area contributed by atoms with Crippen molar-refractivity contribution in [1.82, 2.24) is 34.1 Å². The Kier molecular flexibility index (Phi) is 7.67. The number of halogens is 2. The molecular weight excluding hydrogens is 568 g/mol. The zero-order valence-electron chi connectivity index (χ0n) is 23.1. The van der Waals surface area contributed by atoms with Gasteiger partial charge in [0.15, 0.2) is 17.3 Å². The van der Waals surface area contributed by atoms with Crippen LogP contribution in [0.2, 0.25) is 25.7 Å². The Bertz CT molecular complexity index is 1660. The third kappa shape index (κ3) is 5.79. The molecule has 1 aliphatic rings.